The topological polar surface area (TPSA) is 81.5 Å². The lowest BCUT2D eigenvalue weighted by Crippen LogP contribution is -2.42. The molecule has 1 amide bonds. The van der Waals surface area contributed by atoms with E-state index >= 15 is 0 Å². The maximum absolute atomic E-state index is 13.1. The molecule has 0 radical (unpaired) electrons. The summed E-state index contributed by atoms with van der Waals surface area (Å²) in [7, 11) is -4.10. The number of rotatable bonds is 5. The van der Waals surface area contributed by atoms with Crippen molar-refractivity contribution in [1.29, 1.82) is 0 Å². The number of carbonyl (C=O) groups excluding carboxylic acids is 1. The Balaban J connectivity index is 1.52. The third-order valence-electron chi connectivity index (χ3n) is 6.20. The maximum atomic E-state index is 13.1. The van der Waals surface area contributed by atoms with E-state index in [1.54, 1.807) is 17.0 Å². The number of benzene rings is 1. The molecule has 2 aliphatic rings. The van der Waals surface area contributed by atoms with Crippen molar-refractivity contribution >= 4 is 39.1 Å². The van der Waals surface area contributed by atoms with Crippen molar-refractivity contribution in [3.63, 3.8) is 0 Å². The Morgan fingerprint density at radius 1 is 1.21 bits per heavy atom. The second-order valence-corrected chi connectivity index (χ2v) is 10.7. The fourth-order valence-corrected chi connectivity index (χ4v) is 5.96. The normalized spacial score (nSPS) is 21.4. The average Bonchev–Trinajstić information content (AvgIpc) is 3.33. The van der Waals surface area contributed by atoms with Crippen LogP contribution in [0.3, 0.4) is 0 Å². The highest BCUT2D eigenvalue weighted by Crippen LogP contribution is 2.36. The molecule has 1 saturated heterocycles. The number of aryl methyl sites for hydroxylation is 1. The van der Waals surface area contributed by atoms with Crippen LogP contribution >= 0.6 is 23.2 Å². The lowest BCUT2D eigenvalue weighted by Gasteiger charge is -2.31. The molecule has 1 aliphatic carbocycles. The standard InChI is InChI=1S/C20H20Cl2F3N3O4S/c1-32-13-8-15(21)14(16(22)9-13)6-11-4-5-27(19(11)29)12-2-3-17-18(7-12)28(10-26-17)33(30,31)20(23,24)25/h8-12H,2-7H2,1H3/t11-,12?/m0/s1. The monoisotopic (exact) mass is 525 g/mol. The fraction of sp³-hybridized carbons (Fsp3) is 0.500. The molecule has 1 aliphatic heterocycles. The molecular formula is C20H20Cl2F3N3O4S. The molecular weight excluding hydrogens is 506 g/mol. The Hall–Kier alpha value is -1.98. The molecule has 13 heteroatoms. The van der Waals surface area contributed by atoms with E-state index in [9.17, 15) is 26.4 Å². The van der Waals surface area contributed by atoms with E-state index in [1.165, 1.54) is 7.11 Å². The van der Waals surface area contributed by atoms with Gasteiger partial charge in [0, 0.05) is 35.0 Å². The first kappa shape index (κ1) is 24.2. The number of hydrogen-bond acceptors (Lipinski definition) is 5. The first-order chi connectivity index (χ1) is 15.4. The van der Waals surface area contributed by atoms with Gasteiger partial charge >= 0.3 is 15.5 Å². The molecule has 0 bridgehead atoms. The quantitative estimate of drug-likeness (QED) is 0.592. The first-order valence-electron chi connectivity index (χ1n) is 10.1. The fourth-order valence-electron chi connectivity index (χ4n) is 4.48. The van der Waals surface area contributed by atoms with Gasteiger partial charge in [-0.15, -0.1) is 0 Å². The van der Waals surface area contributed by atoms with Crippen molar-refractivity contribution in [3.8, 4) is 5.75 Å². The smallest absolute Gasteiger partial charge is 0.497 e. The summed E-state index contributed by atoms with van der Waals surface area (Å²) >= 11 is 12.6. The van der Waals surface area contributed by atoms with Gasteiger partial charge in [-0.2, -0.15) is 21.6 Å². The number of imidazole rings is 1. The molecule has 33 heavy (non-hydrogen) atoms. The molecule has 1 aromatic carbocycles. The van der Waals surface area contributed by atoms with E-state index in [4.69, 9.17) is 27.9 Å². The van der Waals surface area contributed by atoms with Gasteiger partial charge in [-0.05, 0) is 43.4 Å². The molecule has 0 saturated carbocycles. The van der Waals surface area contributed by atoms with Crippen LogP contribution in [0.5, 0.6) is 5.75 Å². The first-order valence-corrected chi connectivity index (χ1v) is 12.3. The van der Waals surface area contributed by atoms with Gasteiger partial charge in [0.25, 0.3) is 0 Å². The minimum Gasteiger partial charge on any atom is -0.497 e. The van der Waals surface area contributed by atoms with E-state index < -0.39 is 27.5 Å². The highest BCUT2D eigenvalue weighted by atomic mass is 35.5. The summed E-state index contributed by atoms with van der Waals surface area (Å²) in [5, 5.41) is 0.767. The zero-order valence-electron chi connectivity index (χ0n) is 17.4. The van der Waals surface area contributed by atoms with Gasteiger partial charge in [0.1, 0.15) is 12.1 Å². The molecule has 180 valence electrons. The summed E-state index contributed by atoms with van der Waals surface area (Å²) in [6.07, 6.45) is 2.28. The number of alkyl halides is 3. The van der Waals surface area contributed by atoms with Gasteiger partial charge in [0.2, 0.25) is 5.91 Å². The van der Waals surface area contributed by atoms with E-state index in [0.717, 1.165) is 0 Å². The van der Waals surface area contributed by atoms with Gasteiger partial charge < -0.3 is 9.64 Å². The van der Waals surface area contributed by atoms with Crippen LogP contribution in [-0.4, -0.2) is 53.4 Å². The number of aromatic nitrogens is 2. The summed E-state index contributed by atoms with van der Waals surface area (Å²) in [5.41, 5.74) is -4.54. The minimum atomic E-state index is -5.59. The maximum Gasteiger partial charge on any atom is 0.517 e. The van der Waals surface area contributed by atoms with Crippen LogP contribution in [0.25, 0.3) is 0 Å². The van der Waals surface area contributed by atoms with Crippen molar-refractivity contribution in [3.05, 3.63) is 45.5 Å². The van der Waals surface area contributed by atoms with Crippen molar-refractivity contribution in [2.75, 3.05) is 13.7 Å². The minimum absolute atomic E-state index is 0.0207. The van der Waals surface area contributed by atoms with Crippen molar-refractivity contribution < 1.29 is 31.1 Å². The number of hydrogen-bond donors (Lipinski definition) is 0. The third-order valence-corrected chi connectivity index (χ3v) is 8.30. The molecule has 2 aromatic rings. The number of methoxy groups -OCH3 is 1. The average molecular weight is 526 g/mol. The van der Waals surface area contributed by atoms with Crippen molar-refractivity contribution in [1.82, 2.24) is 13.9 Å². The molecule has 1 unspecified atom stereocenters. The predicted octanol–water partition coefficient (Wildman–Crippen LogP) is 3.84. The molecule has 2 atom stereocenters. The Morgan fingerprint density at radius 3 is 2.48 bits per heavy atom. The van der Waals surface area contributed by atoms with Gasteiger partial charge in [-0.1, -0.05) is 23.2 Å². The number of carbonyl (C=O) groups is 1. The van der Waals surface area contributed by atoms with E-state index in [-0.39, 0.29) is 28.4 Å². The van der Waals surface area contributed by atoms with Crippen LogP contribution < -0.4 is 4.74 Å². The second-order valence-electron chi connectivity index (χ2n) is 8.07. The van der Waals surface area contributed by atoms with Crippen LogP contribution in [0.15, 0.2) is 18.5 Å². The summed E-state index contributed by atoms with van der Waals surface area (Å²) in [5.74, 6) is -0.0497. The van der Waals surface area contributed by atoms with Gasteiger partial charge in [-0.3, -0.25) is 4.79 Å². The van der Waals surface area contributed by atoms with E-state index in [0.29, 0.717) is 59.2 Å². The molecule has 7 nitrogen and oxygen atoms in total. The van der Waals surface area contributed by atoms with Crippen LogP contribution in [0.4, 0.5) is 13.2 Å². The van der Waals surface area contributed by atoms with E-state index in [1.807, 2.05) is 0 Å². The second kappa shape index (κ2) is 8.66. The highest BCUT2D eigenvalue weighted by Gasteiger charge is 2.49. The Kier molecular flexibility index (Phi) is 6.34. The third kappa shape index (κ3) is 4.30. The summed E-state index contributed by atoms with van der Waals surface area (Å²) < 4.78 is 68.4. The largest absolute Gasteiger partial charge is 0.517 e. The number of fused-ring (bicyclic) bond motifs is 1. The number of amides is 1. The zero-order chi connectivity index (χ0) is 24.1. The molecule has 1 aromatic heterocycles. The Labute approximate surface area is 198 Å². The number of ether oxygens (including phenoxy) is 1. The van der Waals surface area contributed by atoms with Gasteiger partial charge in [-0.25, -0.2) is 8.96 Å². The number of nitrogens with zero attached hydrogens (tertiary/aromatic N) is 3. The SMILES string of the molecule is COc1cc(Cl)c(C[C@@H]2CCN(C3CCc4ncn(S(=O)(=O)C(F)(F)F)c4C3)C2=O)c(Cl)c1. The number of halogens is 5. The van der Waals surface area contributed by atoms with Gasteiger partial charge in [0.15, 0.2) is 0 Å². The molecule has 0 N–H and O–H groups in total. The van der Waals surface area contributed by atoms with Crippen molar-refractivity contribution in [2.24, 2.45) is 5.92 Å². The Bertz CT molecular complexity index is 1180. The van der Waals surface area contributed by atoms with Gasteiger partial charge in [0.05, 0.1) is 18.5 Å². The lowest BCUT2D eigenvalue weighted by atomic mass is 9.94. The summed E-state index contributed by atoms with van der Waals surface area (Å²) in [6, 6.07) is 2.81. The lowest BCUT2D eigenvalue weighted by molar-refractivity contribution is -0.133. The van der Waals surface area contributed by atoms with Crippen LogP contribution in [0, 0.1) is 5.92 Å². The van der Waals surface area contributed by atoms with Crippen LogP contribution in [0.1, 0.15) is 29.8 Å². The van der Waals surface area contributed by atoms with Crippen molar-refractivity contribution in [2.45, 2.75) is 43.7 Å². The van der Waals surface area contributed by atoms with E-state index in [2.05, 4.69) is 4.98 Å². The highest BCUT2D eigenvalue weighted by molar-refractivity contribution is 7.90. The predicted molar refractivity (Wildman–Crippen MR) is 115 cm³/mol. The molecule has 4 rings (SSSR count). The number of likely N-dealkylation sites (tertiary alicyclic amines) is 1. The molecule has 0 spiro atoms. The molecule has 1 fully saturated rings. The van der Waals surface area contributed by atoms with Crippen LogP contribution in [0.2, 0.25) is 10.0 Å². The summed E-state index contributed by atoms with van der Waals surface area (Å²) in [4.78, 5) is 18.6. The summed E-state index contributed by atoms with van der Waals surface area (Å²) in [6.45, 7) is 0.412. The van der Waals surface area contributed by atoms with Crippen LogP contribution in [-0.2, 0) is 34.1 Å². The Morgan fingerprint density at radius 2 is 1.88 bits per heavy atom. The molecule has 2 heterocycles. The zero-order valence-corrected chi connectivity index (χ0v) is 19.7.